The second-order valence-corrected chi connectivity index (χ2v) is 6.47. The van der Waals surface area contributed by atoms with Crippen LogP contribution >= 0.6 is 0 Å². The van der Waals surface area contributed by atoms with Crippen LogP contribution in [0.4, 0.5) is 0 Å². The summed E-state index contributed by atoms with van der Waals surface area (Å²) in [7, 11) is 0. The van der Waals surface area contributed by atoms with Crippen LogP contribution in [0.1, 0.15) is 41.9 Å². The highest BCUT2D eigenvalue weighted by atomic mass is 16.3. The van der Waals surface area contributed by atoms with Crippen molar-refractivity contribution in [1.29, 1.82) is 0 Å². The maximum atomic E-state index is 9.30. The summed E-state index contributed by atoms with van der Waals surface area (Å²) in [6.07, 6.45) is 5.51. The van der Waals surface area contributed by atoms with Gasteiger partial charge in [0.25, 0.3) is 0 Å². The fourth-order valence-corrected chi connectivity index (χ4v) is 3.45. The normalized spacial score (nSPS) is 21.1. The highest BCUT2D eigenvalue weighted by Crippen LogP contribution is 2.37. The van der Waals surface area contributed by atoms with Gasteiger partial charge in [0, 0.05) is 6.61 Å². The summed E-state index contributed by atoms with van der Waals surface area (Å²) in [4.78, 5) is 0. The number of hydrogen-bond donors (Lipinski definition) is 2. The van der Waals surface area contributed by atoms with Gasteiger partial charge in [-0.25, -0.2) is 0 Å². The average molecular weight is 296 g/mol. The lowest BCUT2D eigenvalue weighted by Crippen LogP contribution is -2.00. The van der Waals surface area contributed by atoms with E-state index in [-0.39, 0.29) is 0 Å². The van der Waals surface area contributed by atoms with Gasteiger partial charge in [0.05, 0.1) is 0 Å². The molecule has 1 saturated carbocycles. The number of aromatic hydroxyl groups is 1. The highest BCUT2D eigenvalue weighted by Gasteiger charge is 2.24. The Kier molecular flexibility index (Phi) is 4.79. The quantitative estimate of drug-likeness (QED) is 0.873. The number of benzene rings is 2. The molecule has 1 aliphatic rings. The third-order valence-corrected chi connectivity index (χ3v) is 4.89. The van der Waals surface area contributed by atoms with Crippen LogP contribution < -0.4 is 0 Å². The molecule has 116 valence electrons. The SMILES string of the molecule is OCC1CCC(c2ccc(CCc3ccc(O)cc3)cc2)C1. The van der Waals surface area contributed by atoms with Crippen molar-refractivity contribution in [3.63, 3.8) is 0 Å². The molecule has 2 aromatic carbocycles. The van der Waals surface area contributed by atoms with Gasteiger partial charge < -0.3 is 10.2 Å². The van der Waals surface area contributed by atoms with E-state index in [1.54, 1.807) is 12.1 Å². The average Bonchev–Trinajstić information content (AvgIpc) is 3.04. The molecular formula is C20H24O2. The van der Waals surface area contributed by atoms with Crippen molar-refractivity contribution in [2.45, 2.75) is 38.0 Å². The van der Waals surface area contributed by atoms with Gasteiger partial charge in [-0.05, 0) is 72.8 Å². The van der Waals surface area contributed by atoms with Crippen molar-refractivity contribution in [1.82, 2.24) is 0 Å². The van der Waals surface area contributed by atoms with E-state index in [0.717, 1.165) is 25.7 Å². The number of phenolic OH excluding ortho intramolecular Hbond substituents is 1. The minimum absolute atomic E-state index is 0.325. The van der Waals surface area contributed by atoms with Crippen LogP contribution in [-0.2, 0) is 12.8 Å². The van der Waals surface area contributed by atoms with Crippen LogP contribution in [0.15, 0.2) is 48.5 Å². The van der Waals surface area contributed by atoms with Gasteiger partial charge in [-0.1, -0.05) is 36.4 Å². The summed E-state index contributed by atoms with van der Waals surface area (Å²) < 4.78 is 0. The van der Waals surface area contributed by atoms with Crippen molar-refractivity contribution >= 4 is 0 Å². The molecule has 0 spiro atoms. The highest BCUT2D eigenvalue weighted by molar-refractivity contribution is 5.29. The third-order valence-electron chi connectivity index (χ3n) is 4.89. The lowest BCUT2D eigenvalue weighted by atomic mass is 9.94. The van der Waals surface area contributed by atoms with Crippen molar-refractivity contribution in [2.24, 2.45) is 5.92 Å². The van der Waals surface area contributed by atoms with Gasteiger partial charge >= 0.3 is 0 Å². The van der Waals surface area contributed by atoms with E-state index in [1.807, 2.05) is 12.1 Å². The Hall–Kier alpha value is -1.80. The maximum absolute atomic E-state index is 9.30. The van der Waals surface area contributed by atoms with E-state index in [0.29, 0.717) is 24.2 Å². The summed E-state index contributed by atoms with van der Waals surface area (Å²) in [5.41, 5.74) is 4.03. The lowest BCUT2D eigenvalue weighted by molar-refractivity contribution is 0.229. The molecule has 2 heteroatoms. The maximum Gasteiger partial charge on any atom is 0.115 e. The van der Waals surface area contributed by atoms with Crippen molar-refractivity contribution in [3.8, 4) is 5.75 Å². The van der Waals surface area contributed by atoms with Crippen molar-refractivity contribution in [3.05, 3.63) is 65.2 Å². The first-order valence-electron chi connectivity index (χ1n) is 8.22. The first kappa shape index (κ1) is 15.1. The summed E-state index contributed by atoms with van der Waals surface area (Å²) in [5.74, 6) is 1.45. The molecule has 0 heterocycles. The fraction of sp³-hybridized carbons (Fsp3) is 0.400. The third kappa shape index (κ3) is 3.69. The first-order chi connectivity index (χ1) is 10.7. The summed E-state index contributed by atoms with van der Waals surface area (Å²) in [6, 6.07) is 16.5. The molecule has 2 unspecified atom stereocenters. The Bertz CT molecular complexity index is 586. The van der Waals surface area contributed by atoms with E-state index in [1.165, 1.54) is 23.1 Å². The molecule has 2 N–H and O–H groups in total. The van der Waals surface area contributed by atoms with E-state index in [9.17, 15) is 10.2 Å². The topological polar surface area (TPSA) is 40.5 Å². The number of phenols is 1. The Labute approximate surface area is 132 Å². The summed E-state index contributed by atoms with van der Waals surface area (Å²) in [5, 5.41) is 18.6. The molecule has 3 rings (SSSR count). The fourth-order valence-electron chi connectivity index (χ4n) is 3.45. The lowest BCUT2D eigenvalue weighted by Gasteiger charge is -2.11. The van der Waals surface area contributed by atoms with Gasteiger partial charge in [0.2, 0.25) is 0 Å². The zero-order valence-electron chi connectivity index (χ0n) is 12.9. The van der Waals surface area contributed by atoms with E-state index in [4.69, 9.17) is 0 Å². The second kappa shape index (κ2) is 6.97. The Morgan fingerprint density at radius 1 is 0.818 bits per heavy atom. The number of aliphatic hydroxyl groups excluding tert-OH is 1. The second-order valence-electron chi connectivity index (χ2n) is 6.47. The monoisotopic (exact) mass is 296 g/mol. The number of hydrogen-bond acceptors (Lipinski definition) is 2. The van der Waals surface area contributed by atoms with Gasteiger partial charge in [0.15, 0.2) is 0 Å². The molecule has 0 amide bonds. The van der Waals surface area contributed by atoms with Crippen LogP contribution in [0, 0.1) is 5.92 Å². The van der Waals surface area contributed by atoms with E-state index < -0.39 is 0 Å². The van der Waals surface area contributed by atoms with Gasteiger partial charge in [0.1, 0.15) is 5.75 Å². The molecule has 0 radical (unpaired) electrons. The Morgan fingerprint density at radius 2 is 1.41 bits per heavy atom. The molecule has 2 aromatic rings. The van der Waals surface area contributed by atoms with Crippen molar-refractivity contribution < 1.29 is 10.2 Å². The number of aliphatic hydroxyl groups is 1. The van der Waals surface area contributed by atoms with Gasteiger partial charge in [-0.2, -0.15) is 0 Å². The minimum atomic E-state index is 0.325. The molecule has 1 fully saturated rings. The van der Waals surface area contributed by atoms with Gasteiger partial charge in [-0.15, -0.1) is 0 Å². The van der Waals surface area contributed by atoms with Crippen LogP contribution in [0.5, 0.6) is 5.75 Å². The molecule has 0 aliphatic heterocycles. The predicted octanol–water partition coefficient (Wildman–Crippen LogP) is 4.05. The molecule has 22 heavy (non-hydrogen) atoms. The molecule has 2 atom stereocenters. The minimum Gasteiger partial charge on any atom is -0.508 e. The standard InChI is InChI=1S/C20H24O2/c21-14-17-5-10-19(13-17)18-8-3-15(4-9-18)1-2-16-6-11-20(22)12-7-16/h3-4,6-9,11-12,17,19,21-22H,1-2,5,10,13-14H2. The predicted molar refractivity (Wildman–Crippen MR) is 89.1 cm³/mol. The molecule has 2 nitrogen and oxygen atoms in total. The zero-order valence-corrected chi connectivity index (χ0v) is 12.9. The summed E-state index contributed by atoms with van der Waals surface area (Å²) in [6.45, 7) is 0.335. The molecule has 0 saturated heterocycles. The van der Waals surface area contributed by atoms with Gasteiger partial charge in [-0.3, -0.25) is 0 Å². The molecular weight excluding hydrogens is 272 g/mol. The Balaban J connectivity index is 1.56. The molecule has 1 aliphatic carbocycles. The summed E-state index contributed by atoms with van der Waals surface area (Å²) >= 11 is 0. The first-order valence-corrected chi connectivity index (χ1v) is 8.22. The van der Waals surface area contributed by atoms with Crippen LogP contribution in [0.3, 0.4) is 0 Å². The smallest absolute Gasteiger partial charge is 0.115 e. The van der Waals surface area contributed by atoms with Crippen LogP contribution in [0.2, 0.25) is 0 Å². The molecule has 0 aromatic heterocycles. The molecule has 0 bridgehead atoms. The van der Waals surface area contributed by atoms with Crippen LogP contribution in [-0.4, -0.2) is 16.8 Å². The van der Waals surface area contributed by atoms with E-state index in [2.05, 4.69) is 24.3 Å². The Morgan fingerprint density at radius 3 is 1.95 bits per heavy atom. The van der Waals surface area contributed by atoms with E-state index >= 15 is 0 Å². The largest absolute Gasteiger partial charge is 0.508 e. The van der Waals surface area contributed by atoms with Crippen molar-refractivity contribution in [2.75, 3.05) is 6.61 Å². The van der Waals surface area contributed by atoms with Crippen LogP contribution in [0.25, 0.3) is 0 Å². The number of aryl methyl sites for hydroxylation is 2. The zero-order chi connectivity index (χ0) is 15.4. The number of rotatable bonds is 5.